The minimum atomic E-state index is 0.0227. The number of rotatable bonds is 4. The summed E-state index contributed by atoms with van der Waals surface area (Å²) < 4.78 is 5.15. The zero-order valence-corrected chi connectivity index (χ0v) is 15.4. The summed E-state index contributed by atoms with van der Waals surface area (Å²) in [4.78, 5) is 15.0. The Hall–Kier alpha value is -2.33. The summed E-state index contributed by atoms with van der Waals surface area (Å²) >= 11 is 0. The molecule has 1 amide bonds. The van der Waals surface area contributed by atoms with Crippen LogP contribution < -0.4 is 10.1 Å². The van der Waals surface area contributed by atoms with E-state index in [1.54, 1.807) is 7.11 Å². The average molecular weight is 338 g/mol. The van der Waals surface area contributed by atoms with E-state index < -0.39 is 0 Å². The Morgan fingerprint density at radius 2 is 1.88 bits per heavy atom. The Bertz CT molecular complexity index is 753. The van der Waals surface area contributed by atoms with Crippen molar-refractivity contribution in [3.05, 3.63) is 59.7 Å². The Kier molecular flexibility index (Phi) is 4.82. The van der Waals surface area contributed by atoms with Crippen molar-refractivity contribution in [2.24, 2.45) is 0 Å². The summed E-state index contributed by atoms with van der Waals surface area (Å²) in [5, 5.41) is 3.00. The monoisotopic (exact) mass is 338 g/mol. The van der Waals surface area contributed by atoms with Gasteiger partial charge in [0, 0.05) is 23.7 Å². The van der Waals surface area contributed by atoms with Gasteiger partial charge in [0.2, 0.25) is 5.91 Å². The topological polar surface area (TPSA) is 41.6 Å². The maximum Gasteiger partial charge on any atom is 0.226 e. The molecule has 0 aromatic heterocycles. The molecule has 0 spiro atoms. The minimum Gasteiger partial charge on any atom is -0.497 e. The zero-order valence-electron chi connectivity index (χ0n) is 15.4. The Labute approximate surface area is 149 Å². The normalized spacial score (nSPS) is 19.1. The lowest BCUT2D eigenvalue weighted by Crippen LogP contribution is -2.49. The van der Waals surface area contributed by atoms with E-state index in [1.807, 2.05) is 24.3 Å². The number of ether oxygens (including phenoxy) is 1. The third kappa shape index (κ3) is 3.69. The lowest BCUT2D eigenvalue weighted by atomic mass is 9.81. The molecule has 25 heavy (non-hydrogen) atoms. The number of hydrogen-bond acceptors (Lipinski definition) is 3. The molecule has 1 N–H and O–H groups in total. The third-order valence-corrected chi connectivity index (χ3v) is 5.21. The second-order valence-electron chi connectivity index (χ2n) is 7.30. The van der Waals surface area contributed by atoms with Gasteiger partial charge in [0.1, 0.15) is 5.75 Å². The van der Waals surface area contributed by atoms with Crippen LogP contribution in [0.2, 0.25) is 0 Å². The summed E-state index contributed by atoms with van der Waals surface area (Å²) in [5.41, 5.74) is 3.42. The van der Waals surface area contributed by atoms with Crippen LogP contribution >= 0.6 is 0 Å². The molecule has 4 nitrogen and oxygen atoms in total. The van der Waals surface area contributed by atoms with Crippen molar-refractivity contribution in [1.29, 1.82) is 0 Å². The smallest absolute Gasteiger partial charge is 0.226 e. The van der Waals surface area contributed by atoms with E-state index in [-0.39, 0.29) is 17.5 Å². The van der Waals surface area contributed by atoms with E-state index in [0.29, 0.717) is 6.42 Å². The number of likely N-dealkylation sites (N-methyl/N-ethyl adjacent to an activating group) is 1. The van der Waals surface area contributed by atoms with Crippen LogP contribution in [0.15, 0.2) is 48.5 Å². The highest BCUT2D eigenvalue weighted by atomic mass is 16.5. The van der Waals surface area contributed by atoms with Crippen molar-refractivity contribution in [2.45, 2.75) is 38.3 Å². The predicted octanol–water partition coefficient (Wildman–Crippen LogP) is 4.03. The number of methoxy groups -OCH3 is 1. The lowest BCUT2D eigenvalue weighted by molar-refractivity contribution is -0.118. The number of amides is 1. The molecule has 1 atom stereocenters. The molecule has 1 aliphatic heterocycles. The molecule has 3 rings (SSSR count). The molecule has 1 aliphatic rings. The summed E-state index contributed by atoms with van der Waals surface area (Å²) in [5.74, 6) is 0.801. The van der Waals surface area contributed by atoms with Gasteiger partial charge < -0.3 is 10.1 Å². The van der Waals surface area contributed by atoms with Crippen LogP contribution in [0.3, 0.4) is 0 Å². The van der Waals surface area contributed by atoms with Crippen molar-refractivity contribution in [2.75, 3.05) is 19.5 Å². The Morgan fingerprint density at radius 1 is 1.20 bits per heavy atom. The highest BCUT2D eigenvalue weighted by Crippen LogP contribution is 2.39. The molecular formula is C21H26N2O2. The van der Waals surface area contributed by atoms with E-state index >= 15 is 0 Å². The molecule has 0 fully saturated rings. The number of benzene rings is 2. The molecule has 0 radical (unpaired) electrons. The molecule has 2 aromatic carbocycles. The predicted molar refractivity (Wildman–Crippen MR) is 101 cm³/mol. The van der Waals surface area contributed by atoms with Crippen molar-refractivity contribution in [3.8, 4) is 5.75 Å². The number of nitrogens with one attached hydrogen (secondary N) is 1. The van der Waals surface area contributed by atoms with Crippen LogP contribution in [-0.2, 0) is 11.2 Å². The second-order valence-corrected chi connectivity index (χ2v) is 7.30. The van der Waals surface area contributed by atoms with E-state index in [0.717, 1.165) is 17.9 Å². The van der Waals surface area contributed by atoms with Gasteiger partial charge in [-0.2, -0.15) is 0 Å². The fourth-order valence-electron chi connectivity index (χ4n) is 3.55. The van der Waals surface area contributed by atoms with E-state index in [9.17, 15) is 4.79 Å². The molecule has 2 aromatic rings. The summed E-state index contributed by atoms with van der Waals surface area (Å²) in [6.07, 6.45) is 1.43. The summed E-state index contributed by atoms with van der Waals surface area (Å²) in [7, 11) is 3.74. The molecule has 1 heterocycles. The number of carbonyl (C=O) groups is 1. The number of carbonyl (C=O) groups excluding carboxylic acids is 1. The fourth-order valence-corrected chi connectivity index (χ4v) is 3.55. The average Bonchev–Trinajstić information content (AvgIpc) is 2.59. The number of nitrogens with zero attached hydrogens (tertiary/aromatic N) is 1. The quantitative estimate of drug-likeness (QED) is 0.915. The van der Waals surface area contributed by atoms with Crippen LogP contribution in [-0.4, -0.2) is 30.5 Å². The largest absolute Gasteiger partial charge is 0.497 e. The molecule has 0 unspecified atom stereocenters. The van der Waals surface area contributed by atoms with E-state index in [2.05, 4.69) is 55.4 Å². The highest BCUT2D eigenvalue weighted by Gasteiger charge is 2.37. The second kappa shape index (κ2) is 6.89. The van der Waals surface area contributed by atoms with Gasteiger partial charge in [-0.1, -0.05) is 24.3 Å². The van der Waals surface area contributed by atoms with Crippen LogP contribution in [0, 0.1) is 0 Å². The molecule has 0 saturated heterocycles. The van der Waals surface area contributed by atoms with Crippen LogP contribution in [0.4, 0.5) is 5.69 Å². The number of fused-ring (bicyclic) bond motifs is 1. The van der Waals surface area contributed by atoms with Crippen molar-refractivity contribution in [1.82, 2.24) is 4.90 Å². The van der Waals surface area contributed by atoms with Crippen LogP contribution in [0.1, 0.15) is 37.4 Å². The first kappa shape index (κ1) is 17.5. The Morgan fingerprint density at radius 3 is 2.56 bits per heavy atom. The molecular weight excluding hydrogens is 312 g/mol. The van der Waals surface area contributed by atoms with E-state index in [1.165, 1.54) is 11.1 Å². The molecule has 0 bridgehead atoms. The van der Waals surface area contributed by atoms with Gasteiger partial charge in [-0.3, -0.25) is 9.69 Å². The fraction of sp³-hybridized carbons (Fsp3) is 0.381. The number of anilines is 1. The molecule has 132 valence electrons. The van der Waals surface area contributed by atoms with Gasteiger partial charge in [0.15, 0.2) is 0 Å². The highest BCUT2D eigenvalue weighted by molar-refractivity contribution is 5.91. The molecule has 4 heteroatoms. The first-order chi connectivity index (χ1) is 11.9. The van der Waals surface area contributed by atoms with Crippen LogP contribution in [0.25, 0.3) is 0 Å². The first-order valence-corrected chi connectivity index (χ1v) is 8.65. The Balaban J connectivity index is 1.77. The SMILES string of the molecule is COc1ccc(NC(=O)C[C@H]2c3ccccc3CC(C)(C)N2C)cc1. The summed E-state index contributed by atoms with van der Waals surface area (Å²) in [6.45, 7) is 4.47. The maximum atomic E-state index is 12.6. The van der Waals surface area contributed by atoms with Gasteiger partial charge in [-0.15, -0.1) is 0 Å². The van der Waals surface area contributed by atoms with Crippen molar-refractivity contribution < 1.29 is 9.53 Å². The first-order valence-electron chi connectivity index (χ1n) is 8.65. The summed E-state index contributed by atoms with van der Waals surface area (Å²) in [6, 6.07) is 16.0. The van der Waals surface area contributed by atoms with Gasteiger partial charge in [0.25, 0.3) is 0 Å². The van der Waals surface area contributed by atoms with Crippen molar-refractivity contribution in [3.63, 3.8) is 0 Å². The lowest BCUT2D eigenvalue weighted by Gasteiger charge is -2.46. The van der Waals surface area contributed by atoms with Crippen molar-refractivity contribution >= 4 is 11.6 Å². The van der Waals surface area contributed by atoms with Gasteiger partial charge in [-0.05, 0) is 62.7 Å². The maximum absolute atomic E-state index is 12.6. The number of hydrogen-bond donors (Lipinski definition) is 1. The molecule has 0 saturated carbocycles. The molecule has 0 aliphatic carbocycles. The zero-order chi connectivity index (χ0) is 18.0. The third-order valence-electron chi connectivity index (χ3n) is 5.21. The standard InChI is InChI=1S/C21H26N2O2/c1-21(2)14-15-7-5-6-8-18(15)19(23(21)3)13-20(24)22-16-9-11-17(25-4)12-10-16/h5-12,19H,13-14H2,1-4H3,(H,22,24)/t19-/m0/s1. The van der Waals surface area contributed by atoms with Gasteiger partial charge in [0.05, 0.1) is 7.11 Å². The minimum absolute atomic E-state index is 0.0227. The van der Waals surface area contributed by atoms with E-state index in [4.69, 9.17) is 4.74 Å². The van der Waals surface area contributed by atoms with Gasteiger partial charge in [-0.25, -0.2) is 0 Å². The van der Waals surface area contributed by atoms with Gasteiger partial charge >= 0.3 is 0 Å². The van der Waals surface area contributed by atoms with Crippen LogP contribution in [0.5, 0.6) is 5.75 Å².